The fraction of sp³-hybridized carbons (Fsp3) is 0.125. The molecule has 0 unspecified atom stereocenters. The first-order valence-corrected chi connectivity index (χ1v) is 9.05. The van der Waals surface area contributed by atoms with E-state index in [1.807, 2.05) is 31.2 Å². The predicted octanol–water partition coefficient (Wildman–Crippen LogP) is 2.34. The quantitative estimate of drug-likeness (QED) is 0.523. The Morgan fingerprint density at radius 3 is 2.69 bits per heavy atom. The standard InChI is InChI=1S/C16H15N5O4S/c1-12-5-4-6-13(9-12)10-20-11-17-16(18-20)19-26(24,25)15-8-3-2-7-14(15)21(22)23/h2-9,11H,10H2,1H3,(H,18,19). The monoisotopic (exact) mass is 373 g/mol. The van der Waals surface area contributed by atoms with Crippen LogP contribution >= 0.6 is 0 Å². The Morgan fingerprint density at radius 1 is 1.19 bits per heavy atom. The van der Waals surface area contributed by atoms with E-state index in [1.54, 1.807) is 0 Å². The molecule has 0 aliphatic rings. The van der Waals surface area contributed by atoms with Crippen LogP contribution in [0, 0.1) is 17.0 Å². The number of hydrogen-bond donors (Lipinski definition) is 1. The van der Waals surface area contributed by atoms with Crippen molar-refractivity contribution >= 4 is 21.7 Å². The lowest BCUT2D eigenvalue weighted by atomic mass is 10.1. The summed E-state index contributed by atoms with van der Waals surface area (Å²) in [5.41, 5.74) is 1.57. The molecule has 26 heavy (non-hydrogen) atoms. The maximum absolute atomic E-state index is 12.4. The van der Waals surface area contributed by atoms with E-state index in [4.69, 9.17) is 0 Å². The lowest BCUT2D eigenvalue weighted by Gasteiger charge is -2.05. The summed E-state index contributed by atoms with van der Waals surface area (Å²) in [7, 11) is -4.19. The molecule has 0 amide bonds. The van der Waals surface area contributed by atoms with Crippen molar-refractivity contribution in [2.24, 2.45) is 0 Å². The Bertz CT molecular complexity index is 1060. The highest BCUT2D eigenvalue weighted by atomic mass is 32.2. The van der Waals surface area contributed by atoms with E-state index in [0.29, 0.717) is 6.54 Å². The molecule has 1 N–H and O–H groups in total. The van der Waals surface area contributed by atoms with E-state index in [2.05, 4.69) is 14.8 Å². The molecule has 0 saturated carbocycles. The minimum Gasteiger partial charge on any atom is -0.258 e. The van der Waals surface area contributed by atoms with Crippen LogP contribution in [-0.4, -0.2) is 28.1 Å². The first kappa shape index (κ1) is 17.5. The van der Waals surface area contributed by atoms with Crippen molar-refractivity contribution in [2.45, 2.75) is 18.4 Å². The third kappa shape index (κ3) is 3.86. The molecule has 2 aromatic carbocycles. The van der Waals surface area contributed by atoms with Crippen molar-refractivity contribution in [1.29, 1.82) is 0 Å². The largest absolute Gasteiger partial charge is 0.289 e. The molecule has 10 heteroatoms. The molecule has 0 radical (unpaired) electrons. The van der Waals surface area contributed by atoms with E-state index in [-0.39, 0.29) is 5.95 Å². The topological polar surface area (TPSA) is 120 Å². The van der Waals surface area contributed by atoms with Crippen molar-refractivity contribution in [2.75, 3.05) is 4.72 Å². The minimum atomic E-state index is -4.19. The van der Waals surface area contributed by atoms with Gasteiger partial charge in [-0.2, -0.15) is 4.98 Å². The number of sulfonamides is 1. The fourth-order valence-electron chi connectivity index (χ4n) is 2.43. The summed E-state index contributed by atoms with van der Waals surface area (Å²) in [4.78, 5) is 13.7. The van der Waals surface area contributed by atoms with Crippen LogP contribution in [0.5, 0.6) is 0 Å². The molecule has 1 heterocycles. The zero-order chi connectivity index (χ0) is 18.7. The predicted molar refractivity (Wildman–Crippen MR) is 94.2 cm³/mol. The minimum absolute atomic E-state index is 0.157. The zero-order valence-corrected chi connectivity index (χ0v) is 14.5. The summed E-state index contributed by atoms with van der Waals surface area (Å²) in [5, 5.41) is 15.1. The van der Waals surface area contributed by atoms with Crippen molar-refractivity contribution < 1.29 is 13.3 Å². The molecule has 0 bridgehead atoms. The molecule has 134 valence electrons. The Hall–Kier alpha value is -3.27. The molecule has 0 aliphatic heterocycles. The van der Waals surface area contributed by atoms with Gasteiger partial charge in [0.25, 0.3) is 21.7 Å². The lowest BCUT2D eigenvalue weighted by Crippen LogP contribution is -2.16. The molecule has 0 atom stereocenters. The van der Waals surface area contributed by atoms with Gasteiger partial charge < -0.3 is 0 Å². The number of para-hydroxylation sites is 1. The molecule has 3 rings (SSSR count). The summed E-state index contributed by atoms with van der Waals surface area (Å²) < 4.78 is 28.5. The van der Waals surface area contributed by atoms with Gasteiger partial charge in [0.1, 0.15) is 6.33 Å². The number of nitro groups is 1. The van der Waals surface area contributed by atoms with Crippen molar-refractivity contribution in [3.8, 4) is 0 Å². The van der Waals surface area contributed by atoms with Gasteiger partial charge in [-0.15, -0.1) is 5.10 Å². The van der Waals surface area contributed by atoms with Crippen LogP contribution in [0.25, 0.3) is 0 Å². The fourth-order valence-corrected chi connectivity index (χ4v) is 3.55. The first-order chi connectivity index (χ1) is 12.3. The summed E-state index contributed by atoms with van der Waals surface area (Å²) in [5.74, 6) is -0.157. The van der Waals surface area contributed by atoms with Gasteiger partial charge in [0, 0.05) is 6.07 Å². The molecule has 0 aliphatic carbocycles. The average molecular weight is 373 g/mol. The number of hydrogen-bond acceptors (Lipinski definition) is 6. The van der Waals surface area contributed by atoms with Gasteiger partial charge in [-0.25, -0.2) is 17.8 Å². The van der Waals surface area contributed by atoms with E-state index < -0.39 is 25.5 Å². The number of aryl methyl sites for hydroxylation is 1. The number of nitrogens with zero attached hydrogens (tertiary/aromatic N) is 4. The Morgan fingerprint density at radius 2 is 1.96 bits per heavy atom. The number of rotatable bonds is 6. The second-order valence-electron chi connectivity index (χ2n) is 5.59. The molecule has 9 nitrogen and oxygen atoms in total. The summed E-state index contributed by atoms with van der Waals surface area (Å²) in [6, 6.07) is 12.9. The Balaban J connectivity index is 1.81. The van der Waals surface area contributed by atoms with E-state index in [9.17, 15) is 18.5 Å². The van der Waals surface area contributed by atoms with Gasteiger partial charge in [0.05, 0.1) is 11.5 Å². The molecule has 0 saturated heterocycles. The summed E-state index contributed by atoms with van der Waals surface area (Å²) in [6.07, 6.45) is 1.39. The van der Waals surface area contributed by atoms with Gasteiger partial charge in [0.2, 0.25) is 0 Å². The summed E-state index contributed by atoms with van der Waals surface area (Å²) in [6.45, 7) is 2.39. The van der Waals surface area contributed by atoms with Crippen LogP contribution in [0.1, 0.15) is 11.1 Å². The zero-order valence-electron chi connectivity index (χ0n) is 13.7. The molecule has 0 fully saturated rings. The summed E-state index contributed by atoms with van der Waals surface area (Å²) >= 11 is 0. The highest BCUT2D eigenvalue weighted by Crippen LogP contribution is 2.24. The highest BCUT2D eigenvalue weighted by molar-refractivity contribution is 7.92. The Labute approximate surface area is 149 Å². The van der Waals surface area contributed by atoms with Crippen LogP contribution in [0.15, 0.2) is 59.8 Å². The van der Waals surface area contributed by atoms with Crippen LogP contribution in [-0.2, 0) is 16.6 Å². The first-order valence-electron chi connectivity index (χ1n) is 7.56. The van der Waals surface area contributed by atoms with Crippen molar-refractivity contribution in [3.05, 3.63) is 76.1 Å². The third-order valence-electron chi connectivity index (χ3n) is 3.54. The number of nitro benzene ring substituents is 1. The average Bonchev–Trinajstić information content (AvgIpc) is 3.01. The van der Waals surface area contributed by atoms with Crippen LogP contribution < -0.4 is 4.72 Å². The van der Waals surface area contributed by atoms with Crippen LogP contribution in [0.3, 0.4) is 0 Å². The molecular weight excluding hydrogens is 358 g/mol. The molecule has 0 spiro atoms. The SMILES string of the molecule is Cc1cccc(Cn2cnc(NS(=O)(=O)c3ccccc3[N+](=O)[O-])n2)c1. The van der Waals surface area contributed by atoms with Gasteiger partial charge in [-0.05, 0) is 18.6 Å². The smallest absolute Gasteiger partial charge is 0.258 e. The van der Waals surface area contributed by atoms with Crippen molar-refractivity contribution in [1.82, 2.24) is 14.8 Å². The second kappa shape index (κ2) is 6.92. The molecule has 1 aromatic heterocycles. The molecule has 3 aromatic rings. The lowest BCUT2D eigenvalue weighted by molar-refractivity contribution is -0.387. The third-order valence-corrected chi connectivity index (χ3v) is 4.92. The number of anilines is 1. The number of nitrogens with one attached hydrogen (secondary N) is 1. The maximum atomic E-state index is 12.4. The van der Waals surface area contributed by atoms with Gasteiger partial charge in [-0.1, -0.05) is 42.0 Å². The van der Waals surface area contributed by atoms with Crippen LogP contribution in [0.2, 0.25) is 0 Å². The van der Waals surface area contributed by atoms with Crippen LogP contribution in [0.4, 0.5) is 11.6 Å². The number of aromatic nitrogens is 3. The van der Waals surface area contributed by atoms with Gasteiger partial charge in [-0.3, -0.25) is 10.1 Å². The van der Waals surface area contributed by atoms with Gasteiger partial charge >= 0.3 is 0 Å². The molecular formula is C16H15N5O4S. The van der Waals surface area contributed by atoms with E-state index >= 15 is 0 Å². The highest BCUT2D eigenvalue weighted by Gasteiger charge is 2.26. The number of benzene rings is 2. The normalized spacial score (nSPS) is 11.3. The van der Waals surface area contributed by atoms with E-state index in [1.165, 1.54) is 23.1 Å². The van der Waals surface area contributed by atoms with Crippen molar-refractivity contribution in [3.63, 3.8) is 0 Å². The second-order valence-corrected chi connectivity index (χ2v) is 7.24. The van der Waals surface area contributed by atoms with Gasteiger partial charge in [0.15, 0.2) is 4.90 Å². The van der Waals surface area contributed by atoms with E-state index in [0.717, 1.165) is 23.3 Å². The Kier molecular flexibility index (Phi) is 4.67. The maximum Gasteiger partial charge on any atom is 0.289 e.